The van der Waals surface area contributed by atoms with Gasteiger partial charge in [-0.2, -0.15) is 5.26 Å². The van der Waals surface area contributed by atoms with Crippen molar-refractivity contribution in [2.24, 2.45) is 0 Å². The number of ether oxygens (including phenoxy) is 3. The second kappa shape index (κ2) is 10.2. The summed E-state index contributed by atoms with van der Waals surface area (Å²) in [5, 5.41) is 24.2. The number of rotatable bonds is 8. The number of pyridine rings is 2. The number of amides is 1. The Morgan fingerprint density at radius 3 is 2.67 bits per heavy atom. The second-order valence-corrected chi connectivity index (χ2v) is 11.0. The number of hydrogen-bond donors (Lipinski definition) is 2. The van der Waals surface area contributed by atoms with Crippen molar-refractivity contribution < 1.29 is 24.1 Å². The van der Waals surface area contributed by atoms with E-state index < -0.39 is 28.9 Å². The van der Waals surface area contributed by atoms with Crippen LogP contribution in [0.5, 0.6) is 5.88 Å². The molecule has 4 heterocycles. The van der Waals surface area contributed by atoms with Crippen molar-refractivity contribution in [3.05, 3.63) is 29.5 Å². The fourth-order valence-corrected chi connectivity index (χ4v) is 5.02. The number of nitrogens with one attached hydrogen (secondary N) is 1. The first-order chi connectivity index (χ1) is 17.1. The zero-order chi connectivity index (χ0) is 26.0. The van der Waals surface area contributed by atoms with Crippen molar-refractivity contribution in [2.45, 2.75) is 95.5 Å². The zero-order valence-corrected chi connectivity index (χ0v) is 21.6. The highest BCUT2D eigenvalue weighted by Gasteiger charge is 2.54. The van der Waals surface area contributed by atoms with Crippen LogP contribution in [-0.4, -0.2) is 57.2 Å². The van der Waals surface area contributed by atoms with Gasteiger partial charge in [0.05, 0.1) is 47.1 Å². The first kappa shape index (κ1) is 26.1. The van der Waals surface area contributed by atoms with Crippen LogP contribution >= 0.6 is 0 Å². The third-order valence-electron chi connectivity index (χ3n) is 7.12. The molecule has 36 heavy (non-hydrogen) atoms. The quantitative estimate of drug-likeness (QED) is 0.521. The summed E-state index contributed by atoms with van der Waals surface area (Å²) in [5.74, 6) is 0.478. The number of hydrogen-bond acceptors (Lipinski definition) is 8. The van der Waals surface area contributed by atoms with Crippen LogP contribution in [0.25, 0.3) is 11.0 Å². The van der Waals surface area contributed by atoms with Gasteiger partial charge in [0.15, 0.2) is 0 Å². The maximum atomic E-state index is 12.4. The number of aromatic nitrogens is 2. The number of aliphatic hydroxyl groups is 1. The SMILES string of the molecule is CCCCOc1ccc2ncc(C#N)c(CC(O)C34CCC(NC(=O)OC(C)(C)C)(CC3)CO4)c2n1. The van der Waals surface area contributed by atoms with E-state index in [1.165, 1.54) is 6.20 Å². The smallest absolute Gasteiger partial charge is 0.408 e. The van der Waals surface area contributed by atoms with Crippen LogP contribution in [0.2, 0.25) is 0 Å². The molecule has 2 bridgehead atoms. The Morgan fingerprint density at radius 2 is 2.06 bits per heavy atom. The highest BCUT2D eigenvalue weighted by Crippen LogP contribution is 2.46. The van der Waals surface area contributed by atoms with Gasteiger partial charge in [-0.3, -0.25) is 4.98 Å². The van der Waals surface area contributed by atoms with E-state index in [1.54, 1.807) is 6.07 Å². The lowest BCUT2D eigenvalue weighted by atomic mass is 9.68. The van der Waals surface area contributed by atoms with Crippen molar-refractivity contribution in [3.8, 4) is 11.9 Å². The first-order valence-electron chi connectivity index (χ1n) is 12.7. The number of carbonyl (C=O) groups excluding carboxylic acids is 1. The summed E-state index contributed by atoms with van der Waals surface area (Å²) in [7, 11) is 0. The molecule has 1 saturated carbocycles. The Morgan fingerprint density at radius 1 is 1.31 bits per heavy atom. The van der Waals surface area contributed by atoms with Crippen LogP contribution in [0.15, 0.2) is 18.3 Å². The Hall–Kier alpha value is -2.96. The van der Waals surface area contributed by atoms with Gasteiger partial charge in [-0.15, -0.1) is 0 Å². The molecule has 0 radical (unpaired) electrons. The van der Waals surface area contributed by atoms with Gasteiger partial charge in [-0.05, 0) is 58.9 Å². The molecule has 0 spiro atoms. The molecule has 9 nitrogen and oxygen atoms in total. The molecule has 2 aromatic rings. The molecular formula is C27H36N4O5. The van der Waals surface area contributed by atoms with E-state index >= 15 is 0 Å². The summed E-state index contributed by atoms with van der Waals surface area (Å²) >= 11 is 0. The molecule has 5 rings (SSSR count). The van der Waals surface area contributed by atoms with Gasteiger partial charge < -0.3 is 24.6 Å². The highest BCUT2D eigenvalue weighted by molar-refractivity contribution is 5.80. The minimum absolute atomic E-state index is 0.208. The average molecular weight is 497 g/mol. The summed E-state index contributed by atoms with van der Waals surface area (Å²) in [6, 6.07) is 5.80. The lowest BCUT2D eigenvalue weighted by molar-refractivity contribution is -0.206. The molecule has 1 amide bonds. The third kappa shape index (κ3) is 5.55. The molecule has 0 aromatic carbocycles. The lowest BCUT2D eigenvalue weighted by Gasteiger charge is -2.54. The van der Waals surface area contributed by atoms with Crippen LogP contribution in [-0.2, 0) is 15.9 Å². The summed E-state index contributed by atoms with van der Waals surface area (Å²) in [5.41, 5.74) is 0.418. The van der Waals surface area contributed by atoms with Crippen LogP contribution in [0.4, 0.5) is 4.79 Å². The number of nitriles is 1. The first-order valence-corrected chi connectivity index (χ1v) is 12.7. The summed E-state index contributed by atoms with van der Waals surface area (Å²) < 4.78 is 17.4. The predicted octanol–water partition coefficient (Wildman–Crippen LogP) is 4.19. The minimum Gasteiger partial charge on any atom is -0.478 e. The van der Waals surface area contributed by atoms with E-state index in [0.29, 0.717) is 66.9 Å². The van der Waals surface area contributed by atoms with Crippen LogP contribution in [0.3, 0.4) is 0 Å². The molecule has 2 saturated heterocycles. The predicted molar refractivity (Wildman–Crippen MR) is 134 cm³/mol. The topological polar surface area (TPSA) is 127 Å². The fraction of sp³-hybridized carbons (Fsp3) is 0.630. The standard InChI is InChI=1S/C27H36N4O5/c1-5-6-13-34-22-8-7-20-23(30-22)19(18(15-28)16-29-20)14-21(32)27-11-9-26(10-12-27,17-35-27)31-24(33)36-25(2,3)4/h7-8,16,21,32H,5-6,9-14,17H2,1-4H3,(H,31,33). The van der Waals surface area contributed by atoms with Crippen molar-refractivity contribution >= 4 is 17.1 Å². The number of nitrogens with zero attached hydrogens (tertiary/aromatic N) is 3. The van der Waals surface area contributed by atoms with Gasteiger partial charge >= 0.3 is 6.09 Å². The number of fused-ring (bicyclic) bond motifs is 4. The number of unbranched alkanes of at least 4 members (excludes halogenated alkanes) is 1. The Bertz CT molecular complexity index is 1130. The van der Waals surface area contributed by atoms with Gasteiger partial charge in [-0.1, -0.05) is 13.3 Å². The summed E-state index contributed by atoms with van der Waals surface area (Å²) in [6.07, 6.45) is 4.92. The second-order valence-electron chi connectivity index (χ2n) is 11.0. The number of alkyl carbamates (subject to hydrolysis) is 1. The molecule has 2 aliphatic heterocycles. The van der Waals surface area contributed by atoms with Gasteiger partial charge in [0.2, 0.25) is 5.88 Å². The van der Waals surface area contributed by atoms with Crippen molar-refractivity contribution in [2.75, 3.05) is 13.2 Å². The molecule has 1 unspecified atom stereocenters. The van der Waals surface area contributed by atoms with Gasteiger partial charge in [0.1, 0.15) is 11.7 Å². The van der Waals surface area contributed by atoms with E-state index in [1.807, 2.05) is 26.8 Å². The molecule has 2 N–H and O–H groups in total. The molecular weight excluding hydrogens is 460 g/mol. The average Bonchev–Trinajstić information content (AvgIpc) is 2.84. The van der Waals surface area contributed by atoms with Gasteiger partial charge in [0, 0.05) is 24.2 Å². The van der Waals surface area contributed by atoms with Gasteiger partial charge in [0.25, 0.3) is 0 Å². The van der Waals surface area contributed by atoms with Crippen LogP contribution < -0.4 is 10.1 Å². The maximum Gasteiger partial charge on any atom is 0.408 e. The monoisotopic (exact) mass is 496 g/mol. The molecule has 3 fully saturated rings. The third-order valence-corrected chi connectivity index (χ3v) is 7.12. The molecule has 2 aromatic heterocycles. The Balaban J connectivity index is 1.51. The Labute approximate surface area is 212 Å². The summed E-state index contributed by atoms with van der Waals surface area (Å²) in [6.45, 7) is 8.45. The maximum absolute atomic E-state index is 12.4. The van der Waals surface area contributed by atoms with Crippen LogP contribution in [0.1, 0.15) is 77.3 Å². The van der Waals surface area contributed by atoms with E-state index in [9.17, 15) is 15.2 Å². The Kier molecular flexibility index (Phi) is 7.39. The number of aliphatic hydroxyl groups excluding tert-OH is 1. The molecule has 3 aliphatic rings. The van der Waals surface area contributed by atoms with E-state index in [-0.39, 0.29) is 6.42 Å². The molecule has 9 heteroatoms. The molecule has 1 aliphatic carbocycles. The van der Waals surface area contributed by atoms with Crippen molar-refractivity contribution in [1.82, 2.24) is 15.3 Å². The molecule has 194 valence electrons. The van der Waals surface area contributed by atoms with Crippen molar-refractivity contribution in [1.29, 1.82) is 5.26 Å². The van der Waals surface area contributed by atoms with Gasteiger partial charge in [-0.25, -0.2) is 9.78 Å². The summed E-state index contributed by atoms with van der Waals surface area (Å²) in [4.78, 5) is 21.4. The molecule has 1 atom stereocenters. The van der Waals surface area contributed by atoms with E-state index in [2.05, 4.69) is 28.3 Å². The van der Waals surface area contributed by atoms with Crippen molar-refractivity contribution in [3.63, 3.8) is 0 Å². The van der Waals surface area contributed by atoms with E-state index in [0.717, 1.165) is 12.8 Å². The largest absolute Gasteiger partial charge is 0.478 e. The number of carbonyl (C=O) groups is 1. The highest BCUT2D eigenvalue weighted by atomic mass is 16.6. The fourth-order valence-electron chi connectivity index (χ4n) is 5.02. The minimum atomic E-state index is -0.846. The lowest BCUT2D eigenvalue weighted by Crippen LogP contribution is -2.66. The zero-order valence-electron chi connectivity index (χ0n) is 21.6. The normalized spacial score (nSPS) is 24.2. The van der Waals surface area contributed by atoms with E-state index in [4.69, 9.17) is 14.2 Å². The van der Waals surface area contributed by atoms with Crippen LogP contribution in [0, 0.1) is 11.3 Å².